The van der Waals surface area contributed by atoms with E-state index in [0.29, 0.717) is 24.0 Å². The average molecular weight is 313 g/mol. The van der Waals surface area contributed by atoms with E-state index in [0.717, 1.165) is 11.3 Å². The van der Waals surface area contributed by atoms with E-state index in [9.17, 15) is 4.39 Å². The van der Waals surface area contributed by atoms with Gasteiger partial charge >= 0.3 is 0 Å². The van der Waals surface area contributed by atoms with Crippen LogP contribution >= 0.6 is 0 Å². The molecule has 0 fully saturated rings. The summed E-state index contributed by atoms with van der Waals surface area (Å²) in [5.74, 6) is 0.571. The Morgan fingerprint density at radius 2 is 2.17 bits per heavy atom. The molecule has 23 heavy (non-hydrogen) atoms. The highest BCUT2D eigenvalue weighted by molar-refractivity contribution is 5.59. The highest BCUT2D eigenvalue weighted by Gasteiger charge is 2.05. The SMILES string of the molecule is C/C=C\C(=C/CN)Nc1nccc(Nc2cc(C)ccc2F)n1. The van der Waals surface area contributed by atoms with Crippen LogP contribution in [0.4, 0.5) is 21.8 Å². The smallest absolute Gasteiger partial charge is 0.229 e. The Hall–Kier alpha value is -2.73. The van der Waals surface area contributed by atoms with Crippen molar-refractivity contribution in [2.45, 2.75) is 13.8 Å². The lowest BCUT2D eigenvalue weighted by molar-refractivity contribution is 0.631. The Kier molecular flexibility index (Phi) is 5.82. The van der Waals surface area contributed by atoms with Crippen LogP contribution in [0.5, 0.6) is 0 Å². The van der Waals surface area contributed by atoms with Gasteiger partial charge in [0.2, 0.25) is 5.95 Å². The van der Waals surface area contributed by atoms with Gasteiger partial charge in [-0.15, -0.1) is 0 Å². The lowest BCUT2D eigenvalue weighted by atomic mass is 10.2. The van der Waals surface area contributed by atoms with E-state index in [1.807, 2.05) is 32.1 Å². The molecule has 0 atom stereocenters. The maximum absolute atomic E-state index is 13.8. The topological polar surface area (TPSA) is 75.9 Å². The number of anilines is 3. The maximum Gasteiger partial charge on any atom is 0.229 e. The first-order valence-electron chi connectivity index (χ1n) is 7.28. The van der Waals surface area contributed by atoms with E-state index in [1.165, 1.54) is 6.07 Å². The van der Waals surface area contributed by atoms with Crippen LogP contribution in [-0.2, 0) is 0 Å². The van der Waals surface area contributed by atoms with E-state index in [1.54, 1.807) is 24.4 Å². The second-order valence-corrected chi connectivity index (χ2v) is 4.89. The molecule has 1 aromatic carbocycles. The number of nitrogens with one attached hydrogen (secondary N) is 2. The summed E-state index contributed by atoms with van der Waals surface area (Å²) in [4.78, 5) is 8.48. The van der Waals surface area contributed by atoms with Crippen molar-refractivity contribution in [3.8, 4) is 0 Å². The number of aryl methyl sites for hydroxylation is 1. The summed E-state index contributed by atoms with van der Waals surface area (Å²) in [5.41, 5.74) is 7.67. The van der Waals surface area contributed by atoms with Crippen LogP contribution in [0.1, 0.15) is 12.5 Å². The van der Waals surface area contributed by atoms with Crippen molar-refractivity contribution in [3.05, 3.63) is 65.8 Å². The lowest BCUT2D eigenvalue weighted by Crippen LogP contribution is -2.06. The number of hydrogen-bond acceptors (Lipinski definition) is 5. The monoisotopic (exact) mass is 313 g/mol. The summed E-state index contributed by atoms with van der Waals surface area (Å²) >= 11 is 0. The zero-order valence-electron chi connectivity index (χ0n) is 13.2. The van der Waals surface area contributed by atoms with Gasteiger partial charge in [-0.05, 0) is 49.8 Å². The molecular formula is C17H20FN5. The van der Waals surface area contributed by atoms with Crippen LogP contribution in [0.15, 0.2) is 54.4 Å². The first-order valence-corrected chi connectivity index (χ1v) is 7.28. The van der Waals surface area contributed by atoms with Crippen LogP contribution in [0.2, 0.25) is 0 Å². The molecule has 2 aromatic rings. The quantitative estimate of drug-likeness (QED) is 0.712. The third-order valence-corrected chi connectivity index (χ3v) is 2.98. The molecule has 0 aliphatic rings. The zero-order chi connectivity index (χ0) is 16.7. The van der Waals surface area contributed by atoms with Gasteiger partial charge in [0.05, 0.1) is 5.69 Å². The predicted octanol–water partition coefficient (Wildman–Crippen LogP) is 3.50. The standard InChI is InChI=1S/C17H20FN5/c1-3-4-13(7-9-19)21-17-20-10-8-16(23-17)22-15-11-12(2)5-6-14(15)18/h3-8,10-11H,9,19H2,1-2H3,(H2,20,21,22,23)/b4-3-,13-7+. The van der Waals surface area contributed by atoms with Crippen LogP contribution in [0.3, 0.4) is 0 Å². The van der Waals surface area contributed by atoms with E-state index < -0.39 is 0 Å². The number of halogens is 1. The number of benzene rings is 1. The molecule has 0 saturated heterocycles. The highest BCUT2D eigenvalue weighted by Crippen LogP contribution is 2.20. The van der Waals surface area contributed by atoms with E-state index in [4.69, 9.17) is 5.73 Å². The van der Waals surface area contributed by atoms with Crippen LogP contribution < -0.4 is 16.4 Å². The van der Waals surface area contributed by atoms with Crippen molar-refractivity contribution >= 4 is 17.5 Å². The molecule has 1 heterocycles. The van der Waals surface area contributed by atoms with Gasteiger partial charge in [-0.2, -0.15) is 4.98 Å². The molecule has 5 nitrogen and oxygen atoms in total. The maximum atomic E-state index is 13.8. The molecule has 4 N–H and O–H groups in total. The summed E-state index contributed by atoms with van der Waals surface area (Å²) < 4.78 is 13.8. The van der Waals surface area contributed by atoms with Crippen molar-refractivity contribution in [3.63, 3.8) is 0 Å². The lowest BCUT2D eigenvalue weighted by Gasteiger charge is -2.10. The molecule has 0 bridgehead atoms. The number of rotatable bonds is 6. The van der Waals surface area contributed by atoms with E-state index in [-0.39, 0.29) is 5.82 Å². The fraction of sp³-hybridized carbons (Fsp3) is 0.176. The Morgan fingerprint density at radius 1 is 1.35 bits per heavy atom. The highest BCUT2D eigenvalue weighted by atomic mass is 19.1. The van der Waals surface area contributed by atoms with Crippen molar-refractivity contribution in [1.82, 2.24) is 9.97 Å². The van der Waals surface area contributed by atoms with Gasteiger partial charge in [-0.1, -0.05) is 12.1 Å². The molecule has 6 heteroatoms. The summed E-state index contributed by atoms with van der Waals surface area (Å²) in [5, 5.41) is 6.03. The van der Waals surface area contributed by atoms with Gasteiger partial charge < -0.3 is 16.4 Å². The molecule has 0 radical (unpaired) electrons. The van der Waals surface area contributed by atoms with Gasteiger partial charge in [0.15, 0.2) is 0 Å². The largest absolute Gasteiger partial charge is 0.338 e. The van der Waals surface area contributed by atoms with Gasteiger partial charge in [0.25, 0.3) is 0 Å². The second kappa shape index (κ2) is 8.05. The predicted molar refractivity (Wildman–Crippen MR) is 92.0 cm³/mol. The Balaban J connectivity index is 2.19. The molecule has 0 aliphatic carbocycles. The Labute approximate surface area is 135 Å². The number of allylic oxidation sites excluding steroid dienone is 2. The molecule has 2 rings (SSSR count). The Bertz CT molecular complexity index is 725. The minimum atomic E-state index is -0.332. The number of hydrogen-bond donors (Lipinski definition) is 3. The molecule has 0 spiro atoms. The van der Waals surface area contributed by atoms with Crippen molar-refractivity contribution in [2.75, 3.05) is 17.2 Å². The van der Waals surface area contributed by atoms with Crippen LogP contribution in [-0.4, -0.2) is 16.5 Å². The first kappa shape index (κ1) is 16.6. The molecule has 0 unspecified atom stereocenters. The minimum Gasteiger partial charge on any atom is -0.338 e. The van der Waals surface area contributed by atoms with Crippen LogP contribution in [0, 0.1) is 12.7 Å². The first-order chi connectivity index (χ1) is 11.1. The van der Waals surface area contributed by atoms with Gasteiger partial charge in [0, 0.05) is 18.4 Å². The second-order valence-electron chi connectivity index (χ2n) is 4.89. The van der Waals surface area contributed by atoms with Crippen molar-refractivity contribution in [1.29, 1.82) is 0 Å². The molecule has 0 aliphatic heterocycles. The van der Waals surface area contributed by atoms with E-state index >= 15 is 0 Å². The summed E-state index contributed by atoms with van der Waals surface area (Å²) in [6, 6.07) is 6.54. The summed E-state index contributed by atoms with van der Waals surface area (Å²) in [6.45, 7) is 4.21. The molecule has 0 amide bonds. The summed E-state index contributed by atoms with van der Waals surface area (Å²) in [7, 11) is 0. The van der Waals surface area contributed by atoms with Crippen molar-refractivity contribution < 1.29 is 4.39 Å². The average Bonchev–Trinajstić information content (AvgIpc) is 2.52. The fourth-order valence-corrected chi connectivity index (χ4v) is 1.96. The van der Waals surface area contributed by atoms with Crippen LogP contribution in [0.25, 0.3) is 0 Å². The Morgan fingerprint density at radius 3 is 2.91 bits per heavy atom. The molecular weight excluding hydrogens is 293 g/mol. The van der Waals surface area contributed by atoms with Crippen molar-refractivity contribution in [2.24, 2.45) is 5.73 Å². The zero-order valence-corrected chi connectivity index (χ0v) is 13.2. The number of nitrogens with zero attached hydrogens (tertiary/aromatic N) is 2. The normalized spacial score (nSPS) is 11.7. The fourth-order valence-electron chi connectivity index (χ4n) is 1.96. The molecule has 1 aromatic heterocycles. The number of aromatic nitrogens is 2. The molecule has 120 valence electrons. The summed E-state index contributed by atoms with van der Waals surface area (Å²) in [6.07, 6.45) is 7.18. The van der Waals surface area contributed by atoms with Gasteiger partial charge in [-0.3, -0.25) is 0 Å². The third-order valence-electron chi connectivity index (χ3n) is 2.98. The number of nitrogens with two attached hydrogens (primary N) is 1. The van der Waals surface area contributed by atoms with E-state index in [2.05, 4.69) is 20.6 Å². The third kappa shape index (κ3) is 4.89. The molecule has 0 saturated carbocycles. The van der Waals surface area contributed by atoms with Gasteiger partial charge in [0.1, 0.15) is 11.6 Å². The van der Waals surface area contributed by atoms with Gasteiger partial charge in [-0.25, -0.2) is 9.37 Å². The minimum absolute atomic E-state index is 0.332.